The van der Waals surface area contributed by atoms with Crippen LogP contribution in [-0.4, -0.2) is 156 Å². The fourth-order valence-corrected chi connectivity index (χ4v) is 9.60. The van der Waals surface area contributed by atoms with Crippen molar-refractivity contribution in [3.8, 4) is 22.8 Å². The van der Waals surface area contributed by atoms with Crippen LogP contribution < -0.4 is 15.1 Å². The number of pyridine rings is 2. The molecule has 0 bridgehead atoms. The van der Waals surface area contributed by atoms with Gasteiger partial charge in [0.2, 0.25) is 11.4 Å². The molecule has 19 nitrogen and oxygen atoms in total. The quantitative estimate of drug-likeness (QED) is 0.120. The standard InChI is InChI=1S/C26H25FN6O3.C22H16FN5O3.C4H9NO.ClH/c1-34-16-13-32(14-16)12-15-10-18-22-23(36-26(18)29-11-15)25(33-6-8-35-9-7-33)31-24(30-22)21-17-4-5-28-20(17)3-2-19(21)27;23-15-1-2-16-13(3-4-24-16)17(15)20-26-18-14-9-12(11-29)10-25-22(14)31-19(18)21(27-20)28-5-7-30-8-6-28;1-6-4-2-5-3-4;/h2-5,10-11,16,28H,6-9,12-14H2,1H3;1-4,9-11,24H,5-8H2;4-5H,2-3H2,1H3;1H. The number of benzene rings is 2. The zero-order valence-electron chi connectivity index (χ0n) is 40.4. The van der Waals surface area contributed by atoms with Crippen LogP contribution in [0, 0.1) is 11.6 Å². The van der Waals surface area contributed by atoms with Crippen LogP contribution in [0.5, 0.6) is 0 Å². The number of hydrogen-bond donors (Lipinski definition) is 3. The number of aromatic nitrogens is 8. The lowest BCUT2D eigenvalue weighted by molar-refractivity contribution is -0.0334. The summed E-state index contributed by atoms with van der Waals surface area (Å²) in [6.07, 6.45) is 8.34. The van der Waals surface area contributed by atoms with Crippen LogP contribution in [0.4, 0.5) is 20.4 Å². The number of fused-ring (bicyclic) bond motifs is 8. The number of H-pyrrole nitrogens is 2. The van der Waals surface area contributed by atoms with E-state index in [1.807, 2.05) is 17.2 Å². The first-order valence-electron chi connectivity index (χ1n) is 24.1. The summed E-state index contributed by atoms with van der Waals surface area (Å²) in [5.74, 6) is 0.975. The second kappa shape index (κ2) is 20.9. The van der Waals surface area contributed by atoms with Gasteiger partial charge in [0.05, 0.1) is 60.5 Å². The number of nitrogens with zero attached hydrogens (tertiary/aromatic N) is 9. The third-order valence-electron chi connectivity index (χ3n) is 13.7. The molecule has 0 unspecified atom stereocenters. The summed E-state index contributed by atoms with van der Waals surface area (Å²) in [5, 5.41) is 5.89. The molecule has 10 aromatic rings. The molecule has 8 aromatic heterocycles. The SMILES string of the molecule is COC1CN(Cc2cnc3oc4c(N5CCOCC5)nc(-c5c(F)ccc6[nH]ccc56)nc4c3c2)C1.COC1CNC1.Cl.O=Cc1cnc2oc3c(N4CCOCC4)nc(-c4c(F)ccc5[nH]ccc45)nc3c2c1. The van der Waals surface area contributed by atoms with Crippen molar-refractivity contribution in [2.45, 2.75) is 18.8 Å². The van der Waals surface area contributed by atoms with Crippen LogP contribution in [0.15, 0.2) is 82.2 Å². The molecule has 14 rings (SSSR count). The molecule has 0 spiro atoms. The fourth-order valence-electron chi connectivity index (χ4n) is 9.60. The minimum absolute atomic E-state index is 0. The Kier molecular flexibility index (Phi) is 13.9. The van der Waals surface area contributed by atoms with Crippen LogP contribution in [0.3, 0.4) is 0 Å². The first kappa shape index (κ1) is 49.0. The van der Waals surface area contributed by atoms with Crippen LogP contribution in [0.1, 0.15) is 15.9 Å². The molecule has 4 saturated heterocycles. The maximum absolute atomic E-state index is 15.2. The number of methoxy groups -OCH3 is 2. The van der Waals surface area contributed by atoms with E-state index in [2.05, 4.69) is 46.1 Å². The topological polar surface area (TPSA) is 211 Å². The Bertz CT molecular complexity index is 3650. The van der Waals surface area contributed by atoms with E-state index in [-0.39, 0.29) is 30.2 Å². The highest BCUT2D eigenvalue weighted by atomic mass is 35.5. The van der Waals surface area contributed by atoms with Gasteiger partial charge in [0, 0.05) is 125 Å². The molecule has 0 radical (unpaired) electrons. The van der Waals surface area contributed by atoms with Gasteiger partial charge in [-0.3, -0.25) is 9.69 Å². The molecule has 3 N–H and O–H groups in total. The van der Waals surface area contributed by atoms with Gasteiger partial charge in [-0.2, -0.15) is 0 Å². The number of carbonyl (C=O) groups is 1. The van der Waals surface area contributed by atoms with Gasteiger partial charge in [-0.1, -0.05) is 0 Å². The van der Waals surface area contributed by atoms with Gasteiger partial charge in [-0.25, -0.2) is 38.7 Å². The highest BCUT2D eigenvalue weighted by molar-refractivity contribution is 6.08. The number of anilines is 2. The van der Waals surface area contributed by atoms with Crippen LogP contribution >= 0.6 is 12.4 Å². The van der Waals surface area contributed by atoms with E-state index in [0.717, 1.165) is 66.4 Å². The molecule has 4 fully saturated rings. The zero-order chi connectivity index (χ0) is 49.6. The van der Waals surface area contributed by atoms with Gasteiger partial charge in [-0.05, 0) is 54.1 Å². The number of aromatic amines is 2. The average Bonchev–Trinajstić information content (AvgIpc) is 4.25. The molecule has 2 aromatic carbocycles. The molecule has 4 aliphatic heterocycles. The fraction of sp³-hybridized carbons (Fsp3) is 0.327. The van der Waals surface area contributed by atoms with Gasteiger partial charge in [0.25, 0.3) is 0 Å². The van der Waals surface area contributed by atoms with E-state index in [1.54, 1.807) is 50.9 Å². The summed E-state index contributed by atoms with van der Waals surface area (Å²) in [7, 11) is 3.49. The zero-order valence-corrected chi connectivity index (χ0v) is 41.2. The van der Waals surface area contributed by atoms with E-state index < -0.39 is 5.82 Å². The van der Waals surface area contributed by atoms with Crippen molar-refractivity contribution < 1.29 is 41.4 Å². The number of morpholine rings is 2. The molecule has 12 heterocycles. The van der Waals surface area contributed by atoms with E-state index in [1.165, 1.54) is 18.3 Å². The van der Waals surface area contributed by atoms with Gasteiger partial charge >= 0.3 is 0 Å². The van der Waals surface area contributed by atoms with E-state index in [4.69, 9.17) is 42.7 Å². The van der Waals surface area contributed by atoms with Crippen molar-refractivity contribution in [1.29, 1.82) is 0 Å². The predicted octanol–water partition coefficient (Wildman–Crippen LogP) is 7.46. The summed E-state index contributed by atoms with van der Waals surface area (Å²) in [4.78, 5) is 52.0. The van der Waals surface area contributed by atoms with Gasteiger partial charge < -0.3 is 52.9 Å². The Morgan fingerprint density at radius 2 is 1.18 bits per heavy atom. The molecular formula is C52H51ClF2N12O7. The summed E-state index contributed by atoms with van der Waals surface area (Å²) in [6, 6.07) is 13.7. The van der Waals surface area contributed by atoms with Gasteiger partial charge in [0.15, 0.2) is 40.7 Å². The van der Waals surface area contributed by atoms with Crippen molar-refractivity contribution >= 4 is 96.5 Å². The number of rotatable bonds is 9. The highest BCUT2D eigenvalue weighted by Gasteiger charge is 2.29. The third-order valence-corrected chi connectivity index (χ3v) is 13.7. The van der Waals surface area contributed by atoms with E-state index in [0.29, 0.717) is 137 Å². The van der Waals surface area contributed by atoms with E-state index >= 15 is 8.78 Å². The Morgan fingerprint density at radius 3 is 1.65 bits per heavy atom. The second-order valence-corrected chi connectivity index (χ2v) is 18.2. The molecule has 22 heteroatoms. The number of hydrogen-bond acceptors (Lipinski definition) is 17. The van der Waals surface area contributed by atoms with Crippen molar-refractivity contribution in [3.05, 3.63) is 96.1 Å². The number of halogens is 3. The maximum Gasteiger partial charge on any atom is 0.229 e. The monoisotopic (exact) mass is 1030 g/mol. The second-order valence-electron chi connectivity index (χ2n) is 18.2. The van der Waals surface area contributed by atoms with Crippen molar-refractivity contribution in [1.82, 2.24) is 50.1 Å². The number of ether oxygens (including phenoxy) is 4. The lowest BCUT2D eigenvalue weighted by Crippen LogP contribution is -2.50. The summed E-state index contributed by atoms with van der Waals surface area (Å²) in [6.45, 7) is 9.47. The third kappa shape index (κ3) is 9.24. The first-order chi connectivity index (χ1) is 35.8. The predicted molar refractivity (Wildman–Crippen MR) is 277 cm³/mol. The normalized spacial score (nSPS) is 16.5. The molecule has 4 aliphatic rings. The number of furan rings is 2. The smallest absolute Gasteiger partial charge is 0.229 e. The number of aldehydes is 1. The summed E-state index contributed by atoms with van der Waals surface area (Å²) < 4.78 is 63.8. The highest BCUT2D eigenvalue weighted by Crippen LogP contribution is 2.39. The Hall–Kier alpha value is -7.24. The molecule has 74 heavy (non-hydrogen) atoms. The maximum atomic E-state index is 15.2. The van der Waals surface area contributed by atoms with Crippen molar-refractivity contribution in [2.75, 3.05) is 103 Å². The van der Waals surface area contributed by atoms with Crippen molar-refractivity contribution in [2.24, 2.45) is 0 Å². The Balaban J connectivity index is 0.000000142. The Morgan fingerprint density at radius 1 is 0.662 bits per heavy atom. The van der Waals surface area contributed by atoms with Gasteiger partial charge in [0.1, 0.15) is 22.7 Å². The molecule has 0 atom stereocenters. The van der Waals surface area contributed by atoms with Crippen LogP contribution in [-0.2, 0) is 25.5 Å². The number of likely N-dealkylation sites (tertiary alicyclic amines) is 1. The minimum atomic E-state index is -0.418. The molecule has 382 valence electrons. The van der Waals surface area contributed by atoms with E-state index in [9.17, 15) is 4.79 Å². The number of carbonyl (C=O) groups excluding carboxylic acids is 1. The van der Waals surface area contributed by atoms with Gasteiger partial charge in [-0.15, -0.1) is 12.4 Å². The lowest BCUT2D eigenvalue weighted by Gasteiger charge is -2.38. The molecule has 0 amide bonds. The first-order valence-corrected chi connectivity index (χ1v) is 24.1. The van der Waals surface area contributed by atoms with Crippen molar-refractivity contribution in [3.63, 3.8) is 0 Å². The minimum Gasteiger partial charge on any atom is -0.432 e. The Labute approximate surface area is 427 Å². The largest absolute Gasteiger partial charge is 0.432 e. The molecule has 0 saturated carbocycles. The summed E-state index contributed by atoms with van der Waals surface area (Å²) >= 11 is 0. The average molecular weight is 1030 g/mol. The number of nitrogens with one attached hydrogen (secondary N) is 3. The molecular weight excluding hydrogens is 978 g/mol. The molecule has 0 aliphatic carbocycles. The lowest BCUT2D eigenvalue weighted by atomic mass is 10.1. The summed E-state index contributed by atoms with van der Waals surface area (Å²) in [5.41, 5.74) is 6.75. The van der Waals surface area contributed by atoms with Crippen LogP contribution in [0.25, 0.3) is 89.0 Å². The van der Waals surface area contributed by atoms with Crippen LogP contribution in [0.2, 0.25) is 0 Å².